The summed E-state index contributed by atoms with van der Waals surface area (Å²) in [4.78, 5) is 0. The van der Waals surface area contributed by atoms with E-state index in [-0.39, 0.29) is 0 Å². The number of ether oxygens (including phenoxy) is 1. The van der Waals surface area contributed by atoms with Crippen molar-refractivity contribution in [2.75, 3.05) is 7.11 Å². The molecule has 0 fully saturated rings. The Balaban J connectivity index is 2.60. The van der Waals surface area contributed by atoms with Crippen molar-refractivity contribution in [3.63, 3.8) is 0 Å². The van der Waals surface area contributed by atoms with E-state index in [1.807, 2.05) is 18.2 Å². The van der Waals surface area contributed by atoms with E-state index >= 15 is 0 Å². The molecule has 0 bridgehead atoms. The maximum atomic E-state index is 6.24. The highest BCUT2D eigenvalue weighted by Gasteiger charge is 2.11. The van der Waals surface area contributed by atoms with E-state index in [0.29, 0.717) is 20.8 Å². The van der Waals surface area contributed by atoms with Gasteiger partial charge in [0.25, 0.3) is 0 Å². The van der Waals surface area contributed by atoms with Gasteiger partial charge in [0.05, 0.1) is 12.1 Å². The van der Waals surface area contributed by atoms with Crippen molar-refractivity contribution >= 4 is 34.8 Å². The molecule has 0 N–H and O–H groups in total. The first-order valence-corrected chi connectivity index (χ1v) is 6.05. The Morgan fingerprint density at radius 3 is 2.35 bits per heavy atom. The molecule has 0 amide bonds. The minimum Gasteiger partial charge on any atom is -0.495 e. The van der Waals surface area contributed by atoms with Gasteiger partial charge in [0, 0.05) is 21.2 Å². The number of methoxy groups -OCH3 is 1. The van der Waals surface area contributed by atoms with Crippen LogP contribution >= 0.6 is 34.8 Å². The van der Waals surface area contributed by atoms with Crippen molar-refractivity contribution in [2.45, 2.75) is 0 Å². The molecule has 0 atom stereocenters. The van der Waals surface area contributed by atoms with Crippen LogP contribution in [0.4, 0.5) is 0 Å². The summed E-state index contributed by atoms with van der Waals surface area (Å²) in [5, 5.41) is 1.70. The highest BCUT2D eigenvalue weighted by atomic mass is 35.5. The molecule has 17 heavy (non-hydrogen) atoms. The summed E-state index contributed by atoms with van der Waals surface area (Å²) in [7, 11) is 1.58. The van der Waals surface area contributed by atoms with Gasteiger partial charge in [0.15, 0.2) is 0 Å². The molecule has 1 nitrogen and oxygen atoms in total. The number of rotatable bonds is 2. The summed E-state index contributed by atoms with van der Waals surface area (Å²) in [5.74, 6) is 0.621. The van der Waals surface area contributed by atoms with Gasteiger partial charge in [0.1, 0.15) is 5.75 Å². The second-order valence-electron chi connectivity index (χ2n) is 3.45. The largest absolute Gasteiger partial charge is 0.495 e. The number of halogens is 3. The van der Waals surface area contributed by atoms with Gasteiger partial charge in [0.2, 0.25) is 0 Å². The zero-order valence-electron chi connectivity index (χ0n) is 9.01. The molecular weight excluding hydrogens is 279 g/mol. The van der Waals surface area contributed by atoms with Crippen molar-refractivity contribution in [3.05, 3.63) is 51.5 Å². The lowest BCUT2D eigenvalue weighted by atomic mass is 10.1. The minimum absolute atomic E-state index is 0.541. The lowest BCUT2D eigenvalue weighted by molar-refractivity contribution is 0.415. The quantitative estimate of drug-likeness (QED) is 0.726. The van der Waals surface area contributed by atoms with Crippen molar-refractivity contribution in [1.29, 1.82) is 0 Å². The molecule has 2 aromatic carbocycles. The first-order valence-electron chi connectivity index (χ1n) is 4.91. The van der Waals surface area contributed by atoms with Crippen LogP contribution in [0.25, 0.3) is 11.1 Å². The number of hydrogen-bond acceptors (Lipinski definition) is 1. The number of hydrogen-bond donors (Lipinski definition) is 0. The average Bonchev–Trinajstić information content (AvgIpc) is 2.30. The molecule has 0 aliphatic rings. The van der Waals surface area contributed by atoms with Crippen LogP contribution in [0.15, 0.2) is 36.4 Å². The van der Waals surface area contributed by atoms with Crippen molar-refractivity contribution < 1.29 is 4.74 Å². The molecule has 4 heteroatoms. The molecule has 0 aliphatic heterocycles. The molecule has 0 unspecified atom stereocenters. The first kappa shape index (κ1) is 12.6. The van der Waals surface area contributed by atoms with Crippen LogP contribution in [0.2, 0.25) is 15.1 Å². The maximum Gasteiger partial charge on any atom is 0.138 e. The van der Waals surface area contributed by atoms with Gasteiger partial charge in [-0.2, -0.15) is 0 Å². The van der Waals surface area contributed by atoms with E-state index < -0.39 is 0 Å². The van der Waals surface area contributed by atoms with Gasteiger partial charge in [-0.05, 0) is 18.2 Å². The van der Waals surface area contributed by atoms with Crippen LogP contribution < -0.4 is 4.74 Å². The predicted molar refractivity (Wildman–Crippen MR) is 73.5 cm³/mol. The van der Waals surface area contributed by atoms with Crippen molar-refractivity contribution in [1.82, 2.24) is 0 Å². The Hall–Kier alpha value is -0.890. The highest BCUT2D eigenvalue weighted by molar-refractivity contribution is 6.38. The van der Waals surface area contributed by atoms with Gasteiger partial charge in [-0.1, -0.05) is 53.0 Å². The Bertz CT molecular complexity index is 552. The average molecular weight is 288 g/mol. The summed E-state index contributed by atoms with van der Waals surface area (Å²) < 4.78 is 5.17. The summed E-state index contributed by atoms with van der Waals surface area (Å²) in [6.07, 6.45) is 0. The summed E-state index contributed by atoms with van der Waals surface area (Å²) in [6, 6.07) is 10.9. The third kappa shape index (κ3) is 2.52. The Labute approximate surface area is 115 Å². The van der Waals surface area contributed by atoms with Gasteiger partial charge in [-0.25, -0.2) is 0 Å². The summed E-state index contributed by atoms with van der Waals surface area (Å²) in [5.41, 5.74) is 1.66. The molecule has 0 spiro atoms. The molecule has 0 heterocycles. The minimum atomic E-state index is 0.541. The van der Waals surface area contributed by atoms with Crippen LogP contribution in [0.1, 0.15) is 0 Å². The van der Waals surface area contributed by atoms with Gasteiger partial charge in [-0.3, -0.25) is 0 Å². The first-order chi connectivity index (χ1) is 8.13. The maximum absolute atomic E-state index is 6.24. The zero-order valence-corrected chi connectivity index (χ0v) is 11.3. The van der Waals surface area contributed by atoms with Gasteiger partial charge >= 0.3 is 0 Å². The third-order valence-corrected chi connectivity index (χ3v) is 3.34. The van der Waals surface area contributed by atoms with Crippen LogP contribution in [0.5, 0.6) is 5.75 Å². The van der Waals surface area contributed by atoms with E-state index in [9.17, 15) is 0 Å². The van der Waals surface area contributed by atoms with Crippen molar-refractivity contribution in [2.24, 2.45) is 0 Å². The Kier molecular flexibility index (Phi) is 3.82. The van der Waals surface area contributed by atoms with E-state index in [0.717, 1.165) is 11.1 Å². The normalized spacial score (nSPS) is 10.4. The molecule has 0 saturated carbocycles. The van der Waals surface area contributed by atoms with Crippen LogP contribution in [0, 0.1) is 0 Å². The zero-order chi connectivity index (χ0) is 12.4. The molecule has 0 radical (unpaired) electrons. The topological polar surface area (TPSA) is 9.23 Å². The molecular formula is C13H9Cl3O. The van der Waals surface area contributed by atoms with E-state index in [2.05, 4.69) is 0 Å². The third-order valence-electron chi connectivity index (χ3n) is 2.40. The second-order valence-corrected chi connectivity index (χ2v) is 4.67. The highest BCUT2D eigenvalue weighted by Crippen LogP contribution is 2.38. The standard InChI is InChI=1S/C13H9Cl3O/c1-17-12-4-2-3-10(13(12)16)9-6-5-8(14)7-11(9)15/h2-7H,1H3. The SMILES string of the molecule is COc1cccc(-c2ccc(Cl)cc2Cl)c1Cl. The van der Waals surface area contributed by atoms with Crippen LogP contribution in [-0.4, -0.2) is 7.11 Å². The molecule has 0 aliphatic carbocycles. The summed E-state index contributed by atoms with van der Waals surface area (Å²) >= 11 is 18.2. The van der Waals surface area contributed by atoms with E-state index in [1.54, 1.807) is 25.3 Å². The monoisotopic (exact) mass is 286 g/mol. The van der Waals surface area contributed by atoms with Crippen molar-refractivity contribution in [3.8, 4) is 16.9 Å². The molecule has 0 saturated heterocycles. The lowest BCUT2D eigenvalue weighted by Crippen LogP contribution is -1.87. The Morgan fingerprint density at radius 2 is 1.71 bits per heavy atom. The fraction of sp³-hybridized carbons (Fsp3) is 0.0769. The Morgan fingerprint density at radius 1 is 0.941 bits per heavy atom. The lowest BCUT2D eigenvalue weighted by Gasteiger charge is -2.10. The van der Waals surface area contributed by atoms with Crippen LogP contribution in [0.3, 0.4) is 0 Å². The molecule has 0 aromatic heterocycles. The predicted octanol–water partition coefficient (Wildman–Crippen LogP) is 5.32. The smallest absolute Gasteiger partial charge is 0.138 e. The van der Waals surface area contributed by atoms with E-state index in [4.69, 9.17) is 39.5 Å². The van der Waals surface area contributed by atoms with Crippen LogP contribution in [-0.2, 0) is 0 Å². The molecule has 2 rings (SSSR count). The van der Waals surface area contributed by atoms with Gasteiger partial charge in [-0.15, -0.1) is 0 Å². The van der Waals surface area contributed by atoms with E-state index in [1.165, 1.54) is 0 Å². The fourth-order valence-corrected chi connectivity index (χ4v) is 2.40. The fourth-order valence-electron chi connectivity index (χ4n) is 1.58. The summed E-state index contributed by atoms with van der Waals surface area (Å²) in [6.45, 7) is 0. The van der Waals surface area contributed by atoms with Gasteiger partial charge < -0.3 is 4.74 Å². The number of benzene rings is 2. The second kappa shape index (κ2) is 5.18. The molecule has 88 valence electrons. The molecule has 2 aromatic rings.